The lowest BCUT2D eigenvalue weighted by atomic mass is 10.1. The molecule has 28 heavy (non-hydrogen) atoms. The van der Waals surface area contributed by atoms with Crippen LogP contribution in [0.25, 0.3) is 0 Å². The van der Waals surface area contributed by atoms with E-state index in [1.807, 2.05) is 4.47 Å². The maximum atomic E-state index is 11.8. The number of nitrogens with one attached hydrogen (secondary N) is 2. The molecule has 1 fully saturated rings. The molecule has 1 saturated heterocycles. The van der Waals surface area contributed by atoms with Crippen molar-refractivity contribution < 1.29 is 4.84 Å². The highest BCUT2D eigenvalue weighted by atomic mass is 32.2. The van der Waals surface area contributed by atoms with Crippen molar-refractivity contribution in [1.29, 1.82) is 0 Å². The van der Waals surface area contributed by atoms with Gasteiger partial charge in [0.2, 0.25) is 0 Å². The Labute approximate surface area is 169 Å². The Morgan fingerprint density at radius 3 is 2.54 bits per heavy atom. The third-order valence-electron chi connectivity index (χ3n) is 4.69. The smallest absolute Gasteiger partial charge is 0.253 e. The van der Waals surface area contributed by atoms with Gasteiger partial charge in [-0.25, -0.2) is 0 Å². The fraction of sp³-hybridized carbons (Fsp3) is 0.550. The molecule has 0 radical (unpaired) electrons. The van der Waals surface area contributed by atoms with Gasteiger partial charge in [0.05, 0.1) is 6.61 Å². The molecule has 1 aliphatic rings. The first-order valence-electron chi connectivity index (χ1n) is 10.0. The van der Waals surface area contributed by atoms with E-state index >= 15 is 0 Å². The molecule has 1 aliphatic heterocycles. The third-order valence-corrected chi connectivity index (χ3v) is 5.74. The Morgan fingerprint density at radius 1 is 1.00 bits per heavy atom. The molecule has 0 aliphatic carbocycles. The molecule has 0 atom stereocenters. The van der Waals surface area contributed by atoms with Gasteiger partial charge in [-0.05, 0) is 37.8 Å². The van der Waals surface area contributed by atoms with Gasteiger partial charge in [0.1, 0.15) is 11.4 Å². The Bertz CT molecular complexity index is 786. The van der Waals surface area contributed by atoms with E-state index in [0.717, 1.165) is 37.4 Å². The molecule has 3 rings (SSSR count). The fourth-order valence-corrected chi connectivity index (χ4v) is 4.02. The minimum atomic E-state index is -0.463. The van der Waals surface area contributed by atoms with Crippen LogP contribution in [0.3, 0.4) is 0 Å². The van der Waals surface area contributed by atoms with Gasteiger partial charge in [-0.2, -0.15) is 0 Å². The minimum Gasteiger partial charge on any atom is -0.380 e. The third kappa shape index (κ3) is 6.05. The van der Waals surface area contributed by atoms with Crippen LogP contribution in [-0.2, 0) is 4.84 Å². The van der Waals surface area contributed by atoms with Gasteiger partial charge in [-0.3, -0.25) is 19.4 Å². The highest BCUT2D eigenvalue weighted by Gasteiger charge is 2.20. The van der Waals surface area contributed by atoms with E-state index in [-0.39, 0.29) is 0 Å². The number of hydrogen-bond acceptors (Lipinski definition) is 8. The summed E-state index contributed by atoms with van der Waals surface area (Å²) < 4.78 is 2.02. The predicted octanol–water partition coefficient (Wildman–Crippen LogP) is 3.46. The molecular formula is C20H28N4O3S. The van der Waals surface area contributed by atoms with Crippen LogP contribution in [0.1, 0.15) is 44.9 Å². The predicted molar refractivity (Wildman–Crippen MR) is 115 cm³/mol. The van der Waals surface area contributed by atoms with Crippen LogP contribution >= 0.6 is 11.9 Å². The van der Waals surface area contributed by atoms with Gasteiger partial charge in [-0.15, -0.1) is 4.47 Å². The monoisotopic (exact) mass is 404 g/mol. The van der Waals surface area contributed by atoms with Crippen LogP contribution in [0.4, 0.5) is 17.1 Å². The van der Waals surface area contributed by atoms with Gasteiger partial charge >= 0.3 is 0 Å². The van der Waals surface area contributed by atoms with E-state index < -0.39 is 10.9 Å². The van der Waals surface area contributed by atoms with Crippen molar-refractivity contribution in [2.45, 2.75) is 44.9 Å². The average molecular weight is 405 g/mol. The molecule has 8 heteroatoms. The van der Waals surface area contributed by atoms with Gasteiger partial charge in [-0.1, -0.05) is 31.2 Å². The summed E-state index contributed by atoms with van der Waals surface area (Å²) in [5.41, 5.74) is 0.605. The lowest BCUT2D eigenvalue weighted by Gasteiger charge is -2.24. The normalized spacial score (nSPS) is 15.0. The standard InChI is InChI=1S/C20H28N4O3S/c25-19-17(18(20(19)26)23-16-8-11-21-12-9-16)22-10-4-2-1-3-7-15-28-24-13-5-6-14-27-24/h8-9,11-12,22H,1-7,10,13-15H2,(H,21,23). The molecule has 0 unspecified atom stereocenters. The Morgan fingerprint density at radius 2 is 1.75 bits per heavy atom. The Balaban J connectivity index is 1.26. The summed E-state index contributed by atoms with van der Waals surface area (Å²) >= 11 is 1.79. The van der Waals surface area contributed by atoms with Crippen molar-refractivity contribution in [1.82, 2.24) is 9.45 Å². The summed E-state index contributed by atoms with van der Waals surface area (Å²) in [6, 6.07) is 3.52. The summed E-state index contributed by atoms with van der Waals surface area (Å²) in [5.74, 6) is 1.10. The molecule has 0 amide bonds. The zero-order valence-corrected chi connectivity index (χ0v) is 16.9. The first kappa shape index (κ1) is 20.8. The summed E-state index contributed by atoms with van der Waals surface area (Å²) in [7, 11) is 0. The zero-order chi connectivity index (χ0) is 19.6. The van der Waals surface area contributed by atoms with E-state index in [9.17, 15) is 9.59 Å². The maximum Gasteiger partial charge on any atom is 0.253 e. The fourth-order valence-electron chi connectivity index (χ4n) is 3.07. The second kappa shape index (κ2) is 11.2. The van der Waals surface area contributed by atoms with E-state index in [4.69, 9.17) is 4.84 Å². The number of rotatable bonds is 12. The van der Waals surface area contributed by atoms with Gasteiger partial charge < -0.3 is 10.6 Å². The molecule has 1 aromatic heterocycles. The topological polar surface area (TPSA) is 83.6 Å². The number of pyridine rings is 1. The second-order valence-corrected chi connectivity index (χ2v) is 7.97. The molecule has 2 N–H and O–H groups in total. The molecule has 2 aromatic rings. The Hall–Kier alpha value is -1.90. The van der Waals surface area contributed by atoms with Crippen LogP contribution in [0, 0.1) is 0 Å². The molecule has 2 heterocycles. The largest absolute Gasteiger partial charge is 0.380 e. The van der Waals surface area contributed by atoms with Gasteiger partial charge in [0, 0.05) is 36.9 Å². The summed E-state index contributed by atoms with van der Waals surface area (Å²) in [6.07, 6.45) is 11.3. The van der Waals surface area contributed by atoms with Crippen LogP contribution in [0.2, 0.25) is 0 Å². The lowest BCUT2D eigenvalue weighted by Crippen LogP contribution is -2.36. The molecule has 7 nitrogen and oxygen atoms in total. The van der Waals surface area contributed by atoms with Crippen LogP contribution in [0.15, 0.2) is 34.1 Å². The van der Waals surface area contributed by atoms with Crippen molar-refractivity contribution in [3.05, 3.63) is 45.0 Å². The van der Waals surface area contributed by atoms with E-state index in [1.165, 1.54) is 32.1 Å². The van der Waals surface area contributed by atoms with Crippen molar-refractivity contribution in [3.8, 4) is 0 Å². The quantitative estimate of drug-likeness (QED) is 0.316. The van der Waals surface area contributed by atoms with E-state index in [0.29, 0.717) is 17.9 Å². The SMILES string of the molecule is O=c1c(NCCCCCCCSN2CCCCO2)c(Nc2ccncc2)c1=O. The zero-order valence-electron chi connectivity index (χ0n) is 16.1. The van der Waals surface area contributed by atoms with Gasteiger partial charge in [0.25, 0.3) is 10.9 Å². The first-order chi connectivity index (χ1) is 13.8. The van der Waals surface area contributed by atoms with Crippen molar-refractivity contribution >= 4 is 29.0 Å². The highest BCUT2D eigenvalue weighted by molar-refractivity contribution is 7.96. The number of aromatic nitrogens is 1. The molecule has 152 valence electrons. The number of unbranched alkanes of at least 4 members (excludes halogenated alkanes) is 4. The maximum absolute atomic E-state index is 11.8. The summed E-state index contributed by atoms with van der Waals surface area (Å²) in [6.45, 7) is 2.59. The molecule has 0 spiro atoms. The van der Waals surface area contributed by atoms with Crippen LogP contribution < -0.4 is 21.5 Å². The second-order valence-electron chi connectivity index (χ2n) is 6.89. The molecular weight excluding hydrogens is 376 g/mol. The first-order valence-corrected chi connectivity index (χ1v) is 11.0. The molecule has 1 aromatic carbocycles. The number of hydroxylamine groups is 1. The van der Waals surface area contributed by atoms with E-state index in [1.54, 1.807) is 36.5 Å². The molecule has 0 bridgehead atoms. The van der Waals surface area contributed by atoms with Crippen LogP contribution in [0.5, 0.6) is 0 Å². The lowest BCUT2D eigenvalue weighted by molar-refractivity contribution is -0.0996. The van der Waals surface area contributed by atoms with Crippen molar-refractivity contribution in [2.75, 3.05) is 36.1 Å². The van der Waals surface area contributed by atoms with Crippen LogP contribution in [-0.4, -0.2) is 34.9 Å². The van der Waals surface area contributed by atoms with Crippen molar-refractivity contribution in [3.63, 3.8) is 0 Å². The van der Waals surface area contributed by atoms with Crippen molar-refractivity contribution in [2.24, 2.45) is 0 Å². The minimum absolute atomic E-state index is 0.355. The number of nitrogens with zero attached hydrogens (tertiary/aromatic N) is 2. The van der Waals surface area contributed by atoms with E-state index in [2.05, 4.69) is 15.6 Å². The number of anilines is 3. The Kier molecular flexibility index (Phi) is 8.32. The number of hydrogen-bond donors (Lipinski definition) is 2. The average Bonchev–Trinajstić information content (AvgIpc) is 2.75. The highest BCUT2D eigenvalue weighted by Crippen LogP contribution is 2.21. The molecule has 0 saturated carbocycles. The summed E-state index contributed by atoms with van der Waals surface area (Å²) in [4.78, 5) is 33.1. The van der Waals surface area contributed by atoms with Gasteiger partial charge in [0.15, 0.2) is 0 Å². The summed E-state index contributed by atoms with van der Waals surface area (Å²) in [5, 5.41) is 6.12.